The normalized spacial score (nSPS) is 21.4. The van der Waals surface area contributed by atoms with Gasteiger partial charge in [0.2, 0.25) is 0 Å². The number of benzene rings is 2. The molecule has 0 unspecified atom stereocenters. The molecule has 3 aromatic heterocycles. The van der Waals surface area contributed by atoms with Crippen LogP contribution >= 0.6 is 82.9 Å². The molecule has 2 saturated carbocycles. The number of hydrogen-bond donors (Lipinski definition) is 0. The molecule has 3 heterocycles. The van der Waals surface area contributed by atoms with Crippen LogP contribution in [0.4, 0.5) is 0 Å². The molecule has 0 amide bonds. The quantitative estimate of drug-likeness (QED) is 0.129. The van der Waals surface area contributed by atoms with Gasteiger partial charge in [-0.05, 0) is 66.2 Å². The molecule has 2 aromatic carbocycles. The second-order valence-corrected chi connectivity index (χ2v) is 19.9. The maximum atomic E-state index is 6.12. The Balaban J connectivity index is 1.06. The van der Waals surface area contributed by atoms with E-state index in [1.165, 1.54) is 88.8 Å². The number of allylic oxidation sites excluding steroid dienone is 7. The number of hydrogen-bond acceptors (Lipinski definition) is 7. The first-order chi connectivity index (χ1) is 24.9. The maximum Gasteiger partial charge on any atom is 0.0639 e. The van der Waals surface area contributed by atoms with Crippen LogP contribution < -0.4 is 0 Å². The number of rotatable bonds is 2. The predicted octanol–water partition coefficient (Wildman–Crippen LogP) is 13.6. The monoisotopic (exact) mass is 784 g/mol. The van der Waals surface area contributed by atoms with Crippen LogP contribution in [0.2, 0.25) is 0 Å². The molecule has 0 radical (unpaired) electrons. The zero-order valence-electron chi connectivity index (χ0n) is 27.9. The second-order valence-electron chi connectivity index (χ2n) is 15.1. The molecule has 0 nitrogen and oxygen atoms in total. The Bertz CT molecular complexity index is 2530. The molecule has 2 spiro atoms. The summed E-state index contributed by atoms with van der Waals surface area (Å²) in [7, 11) is 0. The number of fused-ring (bicyclic) bond motifs is 11. The van der Waals surface area contributed by atoms with Crippen molar-refractivity contribution in [1.82, 2.24) is 0 Å². The van der Waals surface area contributed by atoms with Gasteiger partial charge in [-0.2, -0.15) is 0 Å². The lowest BCUT2D eigenvalue weighted by Crippen LogP contribution is -2.28. The minimum Gasteiger partial charge on any atom is -0.133 e. The minimum absolute atomic E-state index is 0.0380. The highest BCUT2D eigenvalue weighted by Gasteiger charge is 2.56. The van der Waals surface area contributed by atoms with Crippen molar-refractivity contribution >= 4 is 133 Å². The standard InChI is InChI=1S/C44H32S7/c45-35-25-11-3-4-12-26(25)36(46)29(35)19-23-20-31-33(43(23)15-7-1-8-16-43)40-34(44(31)17-9-2-10-18-44)41-42(51-40)39-32(50-41)22-24(49-39)21-30-37(47)27-13-5-6-14-28(27)38(30)48/h3-6,11-14,19-22H,1-2,7-10,15-18H2. The van der Waals surface area contributed by atoms with Gasteiger partial charge < -0.3 is 0 Å². The van der Waals surface area contributed by atoms with Crippen molar-refractivity contribution in [3.8, 4) is 0 Å². The maximum absolute atomic E-state index is 6.12. The molecule has 0 atom stereocenters. The largest absolute Gasteiger partial charge is 0.133 e. The summed E-state index contributed by atoms with van der Waals surface area (Å²) in [4.78, 5) is 6.46. The van der Waals surface area contributed by atoms with E-state index in [9.17, 15) is 0 Å². The smallest absolute Gasteiger partial charge is 0.0639 e. The fourth-order valence-electron chi connectivity index (χ4n) is 10.4. The van der Waals surface area contributed by atoms with Crippen molar-refractivity contribution in [1.29, 1.82) is 0 Å². The van der Waals surface area contributed by atoms with Crippen LogP contribution in [0.25, 0.3) is 30.4 Å². The molecule has 0 aliphatic heterocycles. The highest BCUT2D eigenvalue weighted by atomic mass is 32.1. The predicted molar refractivity (Wildman–Crippen MR) is 236 cm³/mol. The van der Waals surface area contributed by atoms with Gasteiger partial charge in [-0.25, -0.2) is 0 Å². The fourth-order valence-corrected chi connectivity index (χ4v) is 16.4. The second kappa shape index (κ2) is 11.4. The minimum atomic E-state index is 0.0380. The van der Waals surface area contributed by atoms with Crippen LogP contribution in [0.5, 0.6) is 0 Å². The van der Waals surface area contributed by atoms with Gasteiger partial charge in [0.25, 0.3) is 0 Å². The van der Waals surface area contributed by atoms with E-state index in [-0.39, 0.29) is 10.8 Å². The van der Waals surface area contributed by atoms with Crippen molar-refractivity contribution < 1.29 is 0 Å². The highest BCUT2D eigenvalue weighted by molar-refractivity contribution is 7.84. The summed E-state index contributed by atoms with van der Waals surface area (Å²) in [5.41, 5.74) is 13.2. The van der Waals surface area contributed by atoms with Gasteiger partial charge >= 0.3 is 0 Å². The lowest BCUT2D eigenvalue weighted by atomic mass is 9.66. The number of thiophene rings is 3. The fraction of sp³-hybridized carbons (Fsp3) is 0.273. The molecule has 250 valence electrons. The van der Waals surface area contributed by atoms with Crippen LogP contribution in [0.3, 0.4) is 0 Å². The Kier molecular flexibility index (Phi) is 7.15. The summed E-state index contributed by atoms with van der Waals surface area (Å²) in [6.45, 7) is 0. The van der Waals surface area contributed by atoms with Gasteiger partial charge in [-0.3, -0.25) is 0 Å². The average Bonchev–Trinajstić information content (AvgIpc) is 3.99. The highest BCUT2D eigenvalue weighted by Crippen LogP contribution is 2.70. The van der Waals surface area contributed by atoms with E-state index in [0.717, 1.165) is 52.9 Å². The van der Waals surface area contributed by atoms with Gasteiger partial charge in [-0.1, -0.05) is 142 Å². The summed E-state index contributed by atoms with van der Waals surface area (Å²) in [6, 6.07) is 19.2. The third kappa shape index (κ3) is 4.26. The van der Waals surface area contributed by atoms with Crippen molar-refractivity contribution in [3.05, 3.63) is 127 Å². The molecule has 11 rings (SSSR count). The van der Waals surface area contributed by atoms with Crippen LogP contribution in [-0.4, -0.2) is 19.5 Å². The van der Waals surface area contributed by atoms with E-state index in [4.69, 9.17) is 48.9 Å². The third-order valence-corrected chi connectivity index (χ3v) is 18.3. The number of thiocarbonyl (C=S) groups is 4. The van der Waals surface area contributed by atoms with Crippen LogP contribution in [0.1, 0.15) is 102 Å². The molecule has 0 bridgehead atoms. The van der Waals surface area contributed by atoms with Gasteiger partial charge in [0.15, 0.2) is 0 Å². The summed E-state index contributed by atoms with van der Waals surface area (Å²) >= 11 is 30.2. The van der Waals surface area contributed by atoms with E-state index in [1.807, 2.05) is 22.7 Å². The van der Waals surface area contributed by atoms with Gasteiger partial charge in [0.1, 0.15) is 0 Å². The molecular weight excluding hydrogens is 753 g/mol. The van der Waals surface area contributed by atoms with Gasteiger partial charge in [0.05, 0.1) is 33.6 Å². The van der Waals surface area contributed by atoms with Gasteiger partial charge in [-0.15, -0.1) is 34.0 Å². The molecule has 7 heteroatoms. The Hall–Kier alpha value is -2.62. The summed E-state index contributed by atoms with van der Waals surface area (Å²) in [6.07, 6.45) is 20.1. The summed E-state index contributed by atoms with van der Waals surface area (Å²) in [5, 5.41) is 0. The van der Waals surface area contributed by atoms with Crippen LogP contribution in [-0.2, 0) is 5.41 Å². The lowest BCUT2D eigenvalue weighted by molar-refractivity contribution is 0.329. The molecule has 6 aliphatic carbocycles. The Morgan fingerprint density at radius 1 is 0.549 bits per heavy atom. The van der Waals surface area contributed by atoms with E-state index in [1.54, 1.807) is 26.3 Å². The van der Waals surface area contributed by atoms with Crippen molar-refractivity contribution in [2.75, 3.05) is 0 Å². The molecule has 5 aromatic rings. The van der Waals surface area contributed by atoms with Gasteiger partial charge in [0, 0.05) is 58.7 Å². The van der Waals surface area contributed by atoms with E-state index in [0.29, 0.717) is 0 Å². The topological polar surface area (TPSA) is 0 Å². The molecule has 2 fully saturated rings. The van der Waals surface area contributed by atoms with Crippen molar-refractivity contribution in [2.45, 2.75) is 69.6 Å². The molecule has 0 saturated heterocycles. The molecule has 51 heavy (non-hydrogen) atoms. The third-order valence-electron chi connectivity index (χ3n) is 12.6. The zero-order valence-corrected chi connectivity index (χ0v) is 33.6. The molecular formula is C44H32S7. The van der Waals surface area contributed by atoms with E-state index in [2.05, 4.69) is 84.2 Å². The zero-order chi connectivity index (χ0) is 34.2. The Morgan fingerprint density at radius 2 is 1.08 bits per heavy atom. The SMILES string of the molecule is S=C1C(=CC2=CC3=C(c4sc5c(sc6cc(C=C7C(=S)c8ccccc8C7=S)sc65)c4C34CCCCC4)C23CCCCC3)C(=S)c2ccccc21. The average molecular weight is 785 g/mol. The molecule has 6 aliphatic rings. The molecule has 0 N–H and O–H groups in total. The van der Waals surface area contributed by atoms with E-state index < -0.39 is 0 Å². The summed E-state index contributed by atoms with van der Waals surface area (Å²) in [5.74, 6) is 0. The summed E-state index contributed by atoms with van der Waals surface area (Å²) < 4.78 is 5.89. The Labute approximate surface area is 331 Å². The van der Waals surface area contributed by atoms with Crippen LogP contribution in [0.15, 0.2) is 89.0 Å². The van der Waals surface area contributed by atoms with Crippen molar-refractivity contribution in [2.24, 2.45) is 5.41 Å². The first-order valence-corrected chi connectivity index (χ1v) is 22.3. The van der Waals surface area contributed by atoms with Crippen molar-refractivity contribution in [3.63, 3.8) is 0 Å². The first kappa shape index (κ1) is 31.9. The van der Waals surface area contributed by atoms with Crippen LogP contribution in [0, 0.1) is 5.41 Å². The first-order valence-electron chi connectivity index (χ1n) is 18.2. The van der Waals surface area contributed by atoms with E-state index >= 15 is 0 Å². The lowest BCUT2D eigenvalue weighted by Gasteiger charge is -2.38. The Morgan fingerprint density at radius 3 is 1.65 bits per heavy atom.